The second-order valence-electron chi connectivity index (χ2n) is 6.92. The number of amides is 2. The number of nitrogens with one attached hydrogen (secondary N) is 1. The summed E-state index contributed by atoms with van der Waals surface area (Å²) in [6.45, 7) is 0.213. The van der Waals surface area contributed by atoms with Gasteiger partial charge in [-0.3, -0.25) is 14.4 Å². The highest BCUT2D eigenvalue weighted by Gasteiger charge is 2.44. The minimum atomic E-state index is -0.933. The number of carboxylic acid groups (broad SMARTS) is 1. The Hall–Kier alpha value is -2.28. The lowest BCUT2D eigenvalue weighted by Gasteiger charge is -2.42. The number of hydrogen-bond acceptors (Lipinski definition) is 4. The first-order chi connectivity index (χ1) is 12.3. The third-order valence-corrected chi connectivity index (χ3v) is 5.35. The van der Waals surface area contributed by atoms with Crippen LogP contribution in [0.2, 0.25) is 5.02 Å². The van der Waals surface area contributed by atoms with Crippen LogP contribution in [0.4, 0.5) is 5.69 Å². The molecule has 0 spiro atoms. The van der Waals surface area contributed by atoms with Gasteiger partial charge in [0.15, 0.2) is 0 Å². The fraction of sp³-hybridized carbons (Fsp3) is 0.500. The molecule has 1 aromatic carbocycles. The number of benzene rings is 1. The van der Waals surface area contributed by atoms with Gasteiger partial charge in [-0.05, 0) is 37.5 Å². The van der Waals surface area contributed by atoms with Crippen molar-refractivity contribution in [2.24, 2.45) is 5.92 Å². The van der Waals surface area contributed by atoms with Gasteiger partial charge in [0.1, 0.15) is 5.75 Å². The van der Waals surface area contributed by atoms with Crippen LogP contribution in [-0.4, -0.2) is 42.1 Å². The third kappa shape index (κ3) is 3.62. The number of methoxy groups -OCH3 is 1. The molecular weight excluding hydrogens is 360 g/mol. The molecule has 1 saturated heterocycles. The van der Waals surface area contributed by atoms with E-state index in [2.05, 4.69) is 5.32 Å². The van der Waals surface area contributed by atoms with Gasteiger partial charge in [0.2, 0.25) is 11.8 Å². The van der Waals surface area contributed by atoms with Gasteiger partial charge in [-0.25, -0.2) is 0 Å². The molecule has 1 aromatic rings. The van der Waals surface area contributed by atoms with Crippen LogP contribution in [0.25, 0.3) is 0 Å². The van der Waals surface area contributed by atoms with Gasteiger partial charge in [-0.2, -0.15) is 0 Å². The molecule has 0 bridgehead atoms. The van der Waals surface area contributed by atoms with Gasteiger partial charge in [0.25, 0.3) is 0 Å². The van der Waals surface area contributed by atoms with Gasteiger partial charge in [0.05, 0.1) is 30.7 Å². The Morgan fingerprint density at radius 3 is 2.73 bits per heavy atom. The van der Waals surface area contributed by atoms with Crippen molar-refractivity contribution in [1.82, 2.24) is 5.32 Å². The fourth-order valence-corrected chi connectivity index (χ4v) is 3.76. The maximum Gasteiger partial charge on any atom is 0.305 e. The fourth-order valence-electron chi connectivity index (χ4n) is 3.59. The molecule has 1 aliphatic carbocycles. The summed E-state index contributed by atoms with van der Waals surface area (Å²) in [6, 6.07) is 4.98. The van der Waals surface area contributed by atoms with E-state index < -0.39 is 17.4 Å². The first-order valence-electron chi connectivity index (χ1n) is 8.51. The lowest BCUT2D eigenvalue weighted by atomic mass is 9.74. The number of anilines is 1. The summed E-state index contributed by atoms with van der Waals surface area (Å²) in [5, 5.41) is 12.4. The molecule has 140 valence electrons. The average molecular weight is 381 g/mol. The number of carbonyl (C=O) groups excluding carboxylic acids is 2. The molecule has 2 fully saturated rings. The predicted molar refractivity (Wildman–Crippen MR) is 95.4 cm³/mol. The topological polar surface area (TPSA) is 95.9 Å². The molecule has 1 saturated carbocycles. The highest BCUT2D eigenvalue weighted by atomic mass is 35.5. The summed E-state index contributed by atoms with van der Waals surface area (Å²) in [5.74, 6) is -1.42. The van der Waals surface area contributed by atoms with Gasteiger partial charge in [-0.15, -0.1) is 0 Å². The molecule has 8 heteroatoms. The number of rotatable bonds is 6. The summed E-state index contributed by atoms with van der Waals surface area (Å²) < 4.78 is 5.29. The van der Waals surface area contributed by atoms with E-state index in [1.54, 1.807) is 18.2 Å². The first kappa shape index (κ1) is 18.5. The highest BCUT2D eigenvalue weighted by molar-refractivity contribution is 6.31. The smallest absolute Gasteiger partial charge is 0.305 e. The van der Waals surface area contributed by atoms with E-state index in [9.17, 15) is 14.4 Å². The van der Waals surface area contributed by atoms with Crippen molar-refractivity contribution in [2.45, 2.75) is 37.6 Å². The minimum absolute atomic E-state index is 0.0741. The molecule has 0 radical (unpaired) electrons. The molecule has 7 nitrogen and oxygen atoms in total. The van der Waals surface area contributed by atoms with Crippen LogP contribution in [0, 0.1) is 5.92 Å². The number of hydrogen-bond donors (Lipinski definition) is 2. The summed E-state index contributed by atoms with van der Waals surface area (Å²) in [6.07, 6.45) is 2.17. The van der Waals surface area contributed by atoms with Crippen LogP contribution < -0.4 is 15.0 Å². The van der Waals surface area contributed by atoms with Crippen LogP contribution in [0.3, 0.4) is 0 Å². The minimum Gasteiger partial charge on any atom is -0.495 e. The Morgan fingerprint density at radius 1 is 1.42 bits per heavy atom. The molecule has 0 aromatic heterocycles. The number of carbonyl (C=O) groups is 3. The van der Waals surface area contributed by atoms with Crippen molar-refractivity contribution in [3.05, 3.63) is 23.2 Å². The Morgan fingerprint density at radius 2 is 2.15 bits per heavy atom. The molecule has 1 heterocycles. The molecule has 1 aliphatic heterocycles. The molecule has 2 amide bonds. The summed E-state index contributed by atoms with van der Waals surface area (Å²) in [7, 11) is 1.50. The average Bonchev–Trinajstić information content (AvgIpc) is 2.94. The largest absolute Gasteiger partial charge is 0.495 e. The normalized spacial score (nSPS) is 21.2. The Balaban J connectivity index is 1.72. The molecule has 3 rings (SSSR count). The standard InChI is InChI=1S/C18H21ClN2O5/c1-26-14-4-3-12(19)8-13(14)21-10-11(7-15(21)22)17(25)20-18(5-2-6-18)9-16(23)24/h3-4,8,11H,2,5-7,9-10H2,1H3,(H,20,25)(H,23,24). The first-order valence-corrected chi connectivity index (χ1v) is 8.89. The molecule has 2 N–H and O–H groups in total. The zero-order valence-electron chi connectivity index (χ0n) is 14.5. The predicted octanol–water partition coefficient (Wildman–Crippen LogP) is 2.22. The van der Waals surface area contributed by atoms with Crippen molar-refractivity contribution in [3.8, 4) is 5.75 Å². The quantitative estimate of drug-likeness (QED) is 0.788. The van der Waals surface area contributed by atoms with Crippen LogP contribution in [-0.2, 0) is 14.4 Å². The Kier molecular flexibility index (Phi) is 5.09. The van der Waals surface area contributed by atoms with E-state index in [1.807, 2.05) is 0 Å². The van der Waals surface area contributed by atoms with Crippen molar-refractivity contribution in [1.29, 1.82) is 0 Å². The summed E-state index contributed by atoms with van der Waals surface area (Å²) in [4.78, 5) is 37.6. The number of ether oxygens (including phenoxy) is 1. The Bertz CT molecular complexity index is 747. The van der Waals surface area contributed by atoms with Crippen molar-refractivity contribution in [3.63, 3.8) is 0 Å². The lowest BCUT2D eigenvalue weighted by molar-refractivity contribution is -0.141. The molecule has 1 unspecified atom stereocenters. The van der Waals surface area contributed by atoms with E-state index in [4.69, 9.17) is 21.4 Å². The molecule has 1 atom stereocenters. The van der Waals surface area contributed by atoms with E-state index >= 15 is 0 Å². The maximum absolute atomic E-state index is 12.6. The number of nitrogens with zero attached hydrogens (tertiary/aromatic N) is 1. The number of halogens is 1. The van der Waals surface area contributed by atoms with E-state index in [1.165, 1.54) is 12.0 Å². The monoisotopic (exact) mass is 380 g/mol. The van der Waals surface area contributed by atoms with Crippen molar-refractivity contribution < 1.29 is 24.2 Å². The Labute approximate surface area is 156 Å². The second kappa shape index (κ2) is 7.15. The maximum atomic E-state index is 12.6. The third-order valence-electron chi connectivity index (χ3n) is 5.12. The molecular formula is C18H21ClN2O5. The van der Waals surface area contributed by atoms with Crippen LogP contribution in [0.1, 0.15) is 32.1 Å². The van der Waals surface area contributed by atoms with E-state index in [-0.39, 0.29) is 31.2 Å². The second-order valence-corrected chi connectivity index (χ2v) is 7.35. The highest BCUT2D eigenvalue weighted by Crippen LogP contribution is 2.37. The summed E-state index contributed by atoms with van der Waals surface area (Å²) >= 11 is 6.03. The zero-order chi connectivity index (χ0) is 18.9. The zero-order valence-corrected chi connectivity index (χ0v) is 15.2. The van der Waals surface area contributed by atoms with Gasteiger partial charge in [-0.1, -0.05) is 11.6 Å². The van der Waals surface area contributed by atoms with Crippen LogP contribution in [0.5, 0.6) is 5.75 Å². The van der Waals surface area contributed by atoms with E-state index in [0.29, 0.717) is 29.3 Å². The molecule has 2 aliphatic rings. The van der Waals surface area contributed by atoms with Crippen molar-refractivity contribution >= 4 is 35.1 Å². The van der Waals surface area contributed by atoms with Gasteiger partial charge < -0.3 is 20.1 Å². The van der Waals surface area contributed by atoms with E-state index in [0.717, 1.165) is 6.42 Å². The summed E-state index contributed by atoms with van der Waals surface area (Å²) in [5.41, 5.74) is -0.142. The number of carboxylic acids is 1. The van der Waals surface area contributed by atoms with Gasteiger partial charge in [0, 0.05) is 18.0 Å². The molecule has 26 heavy (non-hydrogen) atoms. The lowest BCUT2D eigenvalue weighted by Crippen LogP contribution is -2.56. The van der Waals surface area contributed by atoms with Crippen LogP contribution in [0.15, 0.2) is 18.2 Å². The van der Waals surface area contributed by atoms with Crippen molar-refractivity contribution in [2.75, 3.05) is 18.6 Å². The number of aliphatic carboxylic acids is 1. The SMILES string of the molecule is COc1ccc(Cl)cc1N1CC(C(=O)NC2(CC(=O)O)CCC2)CC1=O. The van der Waals surface area contributed by atoms with Crippen LogP contribution >= 0.6 is 11.6 Å². The van der Waals surface area contributed by atoms with Gasteiger partial charge >= 0.3 is 5.97 Å².